The lowest BCUT2D eigenvalue weighted by atomic mass is 9.93. The first-order chi connectivity index (χ1) is 19.0. The average molecular weight is 545 g/mol. The van der Waals surface area contributed by atoms with E-state index in [4.69, 9.17) is 4.74 Å². The molecule has 0 bridgehead atoms. The summed E-state index contributed by atoms with van der Waals surface area (Å²) in [5.74, 6) is -1.06. The minimum absolute atomic E-state index is 0.0471. The number of aromatic amines is 1. The van der Waals surface area contributed by atoms with Gasteiger partial charge in [0.05, 0.1) is 16.6 Å². The number of hydrogen-bond donors (Lipinski definition) is 2. The predicted molar refractivity (Wildman–Crippen MR) is 148 cm³/mol. The maximum Gasteiger partial charge on any atom is 0.410 e. The predicted octanol–water partition coefficient (Wildman–Crippen LogP) is 3.74. The molecule has 0 radical (unpaired) electrons. The first kappa shape index (κ1) is 26.0. The first-order valence-electron chi connectivity index (χ1n) is 13.8. The Morgan fingerprint density at radius 3 is 2.30 bits per heavy atom. The average Bonchev–Trinajstić information content (AvgIpc) is 3.61. The number of rotatable bonds is 4. The first-order valence-corrected chi connectivity index (χ1v) is 13.8. The Kier molecular flexibility index (Phi) is 6.16. The number of carbonyl (C=O) groups excluding carboxylic acids is 5. The summed E-state index contributed by atoms with van der Waals surface area (Å²) in [6, 6.07) is 5.32. The van der Waals surface area contributed by atoms with Crippen molar-refractivity contribution in [3.63, 3.8) is 0 Å². The number of amides is 4. The van der Waals surface area contributed by atoms with E-state index in [1.54, 1.807) is 21.9 Å². The molecular weight excluding hydrogens is 512 g/mol. The van der Waals surface area contributed by atoms with E-state index < -0.39 is 11.5 Å². The number of nitrogens with one attached hydrogen (secondary N) is 2. The highest BCUT2D eigenvalue weighted by Crippen LogP contribution is 2.41. The number of H-pyrrole nitrogens is 1. The SMILES string of the molecule is CC(C)(C)OC(=O)N1CCN(C(=O)CCC(=O)c2ccc3[nH]c4c5c(c6c(c4c3c2)C(=O)NC6=O)CCC5)CC1. The van der Waals surface area contributed by atoms with Gasteiger partial charge in [-0.3, -0.25) is 24.5 Å². The zero-order chi connectivity index (χ0) is 28.3. The molecule has 2 aliphatic heterocycles. The molecule has 208 valence electrons. The number of carbonyl (C=O) groups is 5. The Morgan fingerprint density at radius 1 is 0.900 bits per heavy atom. The molecule has 10 nitrogen and oxygen atoms in total. The summed E-state index contributed by atoms with van der Waals surface area (Å²) in [5, 5.41) is 3.86. The molecule has 1 fully saturated rings. The van der Waals surface area contributed by atoms with Gasteiger partial charge in [0.2, 0.25) is 5.91 Å². The number of Topliss-reactive ketones (excluding diaryl/α,β-unsaturated/α-hetero) is 1. The van der Waals surface area contributed by atoms with Crippen molar-refractivity contribution >= 4 is 51.4 Å². The lowest BCUT2D eigenvalue weighted by Crippen LogP contribution is -2.51. The second-order valence-electron chi connectivity index (χ2n) is 11.8. The van der Waals surface area contributed by atoms with Crippen LogP contribution in [0, 0.1) is 0 Å². The molecule has 2 N–H and O–H groups in total. The van der Waals surface area contributed by atoms with E-state index in [1.165, 1.54) is 0 Å². The molecule has 0 saturated carbocycles. The summed E-state index contributed by atoms with van der Waals surface area (Å²) in [6.07, 6.45) is 2.23. The van der Waals surface area contributed by atoms with E-state index in [0.717, 1.165) is 46.8 Å². The lowest BCUT2D eigenvalue weighted by molar-refractivity contribution is -0.132. The fourth-order valence-corrected chi connectivity index (χ4v) is 6.12. The highest BCUT2D eigenvalue weighted by molar-refractivity contribution is 6.31. The molecule has 3 aromatic rings. The monoisotopic (exact) mass is 544 g/mol. The van der Waals surface area contributed by atoms with Gasteiger partial charge in [-0.25, -0.2) is 4.79 Å². The fraction of sp³-hybridized carbons (Fsp3) is 0.433. The Balaban J connectivity index is 1.18. The molecule has 3 aliphatic rings. The van der Waals surface area contributed by atoms with Gasteiger partial charge in [0, 0.05) is 60.9 Å². The number of ketones is 1. The maximum atomic E-state index is 13.2. The molecule has 1 aromatic heterocycles. The molecule has 0 atom stereocenters. The smallest absolute Gasteiger partial charge is 0.410 e. The van der Waals surface area contributed by atoms with Crippen LogP contribution in [0.5, 0.6) is 0 Å². The highest BCUT2D eigenvalue weighted by atomic mass is 16.6. The topological polar surface area (TPSA) is 129 Å². The van der Waals surface area contributed by atoms with Crippen LogP contribution < -0.4 is 5.32 Å². The number of nitrogens with zero attached hydrogens (tertiary/aromatic N) is 2. The van der Waals surface area contributed by atoms with Crippen molar-refractivity contribution < 1.29 is 28.7 Å². The van der Waals surface area contributed by atoms with Crippen LogP contribution in [0.1, 0.15) is 82.2 Å². The van der Waals surface area contributed by atoms with Gasteiger partial charge in [0.1, 0.15) is 5.60 Å². The Hall–Kier alpha value is -4.21. The second kappa shape index (κ2) is 9.46. The molecule has 2 aromatic carbocycles. The number of piperazine rings is 1. The van der Waals surface area contributed by atoms with Crippen LogP contribution in [0.3, 0.4) is 0 Å². The number of aryl methyl sites for hydroxylation is 1. The normalized spacial score (nSPS) is 16.9. The van der Waals surface area contributed by atoms with Gasteiger partial charge in [0.15, 0.2) is 5.78 Å². The molecule has 6 rings (SSSR count). The highest BCUT2D eigenvalue weighted by Gasteiger charge is 2.36. The van der Waals surface area contributed by atoms with E-state index in [0.29, 0.717) is 48.3 Å². The third kappa shape index (κ3) is 4.41. The standard InChI is InChI=1S/C30H32N4O6/c1-30(2,3)40-29(39)34-13-11-33(12-14-34)22(36)10-9-21(35)16-7-8-20-19(15-16)23-25-24(27(37)32-28(25)38)17-5-4-6-18(17)26(23)31-20/h7-8,15,31H,4-6,9-14H2,1-3H3,(H,32,37,38). The van der Waals surface area contributed by atoms with Gasteiger partial charge >= 0.3 is 6.09 Å². The molecule has 10 heteroatoms. The molecule has 1 aliphatic carbocycles. The van der Waals surface area contributed by atoms with E-state index in [1.807, 2.05) is 26.8 Å². The van der Waals surface area contributed by atoms with Crippen LogP contribution in [0.15, 0.2) is 18.2 Å². The summed E-state index contributed by atoms with van der Waals surface area (Å²) < 4.78 is 5.41. The van der Waals surface area contributed by atoms with Crippen LogP contribution in [0.4, 0.5) is 4.79 Å². The quantitative estimate of drug-likeness (QED) is 0.380. The maximum absolute atomic E-state index is 13.2. The Labute approximate surface area is 231 Å². The summed E-state index contributed by atoms with van der Waals surface area (Å²) in [6.45, 7) is 7.00. The van der Waals surface area contributed by atoms with Gasteiger partial charge in [-0.15, -0.1) is 0 Å². The molecule has 3 heterocycles. The molecule has 1 saturated heterocycles. The van der Waals surface area contributed by atoms with Crippen molar-refractivity contribution in [1.29, 1.82) is 0 Å². The number of benzene rings is 2. The number of fused-ring (bicyclic) bond motifs is 8. The van der Waals surface area contributed by atoms with E-state index in [2.05, 4.69) is 10.3 Å². The van der Waals surface area contributed by atoms with Gasteiger partial charge in [-0.05, 0) is 69.4 Å². The third-order valence-corrected chi connectivity index (χ3v) is 7.97. The third-order valence-electron chi connectivity index (χ3n) is 7.97. The largest absolute Gasteiger partial charge is 0.444 e. The Morgan fingerprint density at radius 2 is 1.57 bits per heavy atom. The molecule has 0 unspecified atom stereocenters. The van der Waals surface area contributed by atoms with Crippen molar-refractivity contribution in [2.75, 3.05) is 26.2 Å². The number of ether oxygens (including phenoxy) is 1. The van der Waals surface area contributed by atoms with Gasteiger partial charge in [-0.1, -0.05) is 0 Å². The summed E-state index contributed by atoms with van der Waals surface area (Å²) >= 11 is 0. The molecule has 0 spiro atoms. The molecule has 4 amide bonds. The van der Waals surface area contributed by atoms with Crippen LogP contribution >= 0.6 is 0 Å². The van der Waals surface area contributed by atoms with Crippen molar-refractivity contribution in [3.05, 3.63) is 46.0 Å². The van der Waals surface area contributed by atoms with E-state index in [9.17, 15) is 24.0 Å². The fourth-order valence-electron chi connectivity index (χ4n) is 6.12. The van der Waals surface area contributed by atoms with Crippen molar-refractivity contribution in [2.24, 2.45) is 0 Å². The number of hydrogen-bond acceptors (Lipinski definition) is 6. The van der Waals surface area contributed by atoms with Crippen molar-refractivity contribution in [3.8, 4) is 0 Å². The zero-order valence-electron chi connectivity index (χ0n) is 22.9. The lowest BCUT2D eigenvalue weighted by Gasteiger charge is -2.35. The van der Waals surface area contributed by atoms with Crippen molar-refractivity contribution in [2.45, 2.75) is 58.5 Å². The minimum atomic E-state index is -0.579. The zero-order valence-corrected chi connectivity index (χ0v) is 22.9. The summed E-state index contributed by atoms with van der Waals surface area (Å²) in [4.78, 5) is 70.4. The van der Waals surface area contributed by atoms with Crippen molar-refractivity contribution in [1.82, 2.24) is 20.1 Å². The van der Waals surface area contributed by atoms with Crippen LogP contribution in [-0.2, 0) is 22.4 Å². The molecular formula is C30H32N4O6. The number of imide groups is 1. The van der Waals surface area contributed by atoms with Crippen LogP contribution in [-0.4, -0.2) is 76.2 Å². The summed E-state index contributed by atoms with van der Waals surface area (Å²) in [7, 11) is 0. The van der Waals surface area contributed by atoms with Gasteiger partial charge < -0.3 is 19.5 Å². The van der Waals surface area contributed by atoms with Gasteiger partial charge in [0.25, 0.3) is 11.8 Å². The molecule has 40 heavy (non-hydrogen) atoms. The van der Waals surface area contributed by atoms with Gasteiger partial charge in [-0.2, -0.15) is 0 Å². The van der Waals surface area contributed by atoms with E-state index in [-0.39, 0.29) is 36.5 Å². The van der Waals surface area contributed by atoms with Crippen LogP contribution in [0.25, 0.3) is 21.8 Å². The minimum Gasteiger partial charge on any atom is -0.444 e. The second-order valence-corrected chi connectivity index (χ2v) is 11.8. The summed E-state index contributed by atoms with van der Waals surface area (Å²) in [5.41, 5.74) is 4.40. The van der Waals surface area contributed by atoms with E-state index >= 15 is 0 Å². The number of aromatic nitrogens is 1. The van der Waals surface area contributed by atoms with Crippen LogP contribution in [0.2, 0.25) is 0 Å². The Bertz CT molecular complexity index is 1620.